The predicted octanol–water partition coefficient (Wildman–Crippen LogP) is 1.11. The first-order chi connectivity index (χ1) is 12.5. The number of fused-ring (bicyclic) bond motifs is 1. The minimum absolute atomic E-state index is 0.0276. The Morgan fingerprint density at radius 3 is 2.69 bits per heavy atom. The van der Waals surface area contributed by atoms with Crippen LogP contribution in [-0.4, -0.2) is 46.2 Å². The number of tetrazole rings is 1. The molecular formula is C16H13N5O4S. The van der Waals surface area contributed by atoms with Gasteiger partial charge in [0, 0.05) is 6.54 Å². The standard InChI is InChI=1S/C16H13N5O4S/c22-16(23)14-6-1-3-11-7-8-21(15(11)14)26(24,25)13-5-2-4-12(9-13)20-10-17-18-19-20/h1-6,9-10H,7-8H2,(H,22,23). The maximum atomic E-state index is 13.2. The normalized spacial score (nSPS) is 13.6. The van der Waals surface area contributed by atoms with Gasteiger partial charge in [-0.25, -0.2) is 17.9 Å². The number of aromatic nitrogens is 4. The second-order valence-electron chi connectivity index (χ2n) is 5.70. The van der Waals surface area contributed by atoms with Crippen molar-refractivity contribution in [1.82, 2.24) is 20.2 Å². The highest BCUT2D eigenvalue weighted by molar-refractivity contribution is 7.92. The Bertz CT molecular complexity index is 1100. The summed E-state index contributed by atoms with van der Waals surface area (Å²) < 4.78 is 28.8. The first-order valence-electron chi connectivity index (χ1n) is 7.70. The summed E-state index contributed by atoms with van der Waals surface area (Å²) in [6.45, 7) is 0.192. The molecule has 9 nitrogen and oxygen atoms in total. The maximum Gasteiger partial charge on any atom is 0.337 e. The molecule has 0 bridgehead atoms. The van der Waals surface area contributed by atoms with Crippen LogP contribution in [0.1, 0.15) is 15.9 Å². The lowest BCUT2D eigenvalue weighted by Gasteiger charge is -2.21. The van der Waals surface area contributed by atoms with Gasteiger partial charge < -0.3 is 5.11 Å². The molecule has 1 aromatic heterocycles. The Balaban J connectivity index is 1.81. The highest BCUT2D eigenvalue weighted by Crippen LogP contribution is 2.36. The van der Waals surface area contributed by atoms with Gasteiger partial charge in [0.2, 0.25) is 0 Å². The van der Waals surface area contributed by atoms with Gasteiger partial charge in [-0.2, -0.15) is 0 Å². The van der Waals surface area contributed by atoms with E-state index in [-0.39, 0.29) is 22.7 Å². The average Bonchev–Trinajstić information content (AvgIpc) is 3.31. The molecule has 0 saturated carbocycles. The summed E-state index contributed by atoms with van der Waals surface area (Å²) in [6.07, 6.45) is 1.82. The third-order valence-electron chi connectivity index (χ3n) is 4.20. The summed E-state index contributed by atoms with van der Waals surface area (Å²) in [5, 5.41) is 20.2. The number of carboxylic acids is 1. The summed E-state index contributed by atoms with van der Waals surface area (Å²) in [5.74, 6) is -1.16. The number of para-hydroxylation sites is 1. The summed E-state index contributed by atoms with van der Waals surface area (Å²) in [7, 11) is -3.93. The molecule has 0 fully saturated rings. The van der Waals surface area contributed by atoms with E-state index in [4.69, 9.17) is 0 Å². The molecular weight excluding hydrogens is 358 g/mol. The van der Waals surface area contributed by atoms with Crippen molar-refractivity contribution in [1.29, 1.82) is 0 Å². The lowest BCUT2D eigenvalue weighted by molar-refractivity contribution is 0.0698. The quantitative estimate of drug-likeness (QED) is 0.730. The van der Waals surface area contributed by atoms with Gasteiger partial charge >= 0.3 is 5.97 Å². The number of nitrogens with zero attached hydrogens (tertiary/aromatic N) is 5. The van der Waals surface area contributed by atoms with E-state index < -0.39 is 16.0 Å². The number of rotatable bonds is 4. The molecule has 132 valence electrons. The molecule has 1 aliphatic heterocycles. The largest absolute Gasteiger partial charge is 0.478 e. The van der Waals surface area contributed by atoms with Crippen LogP contribution in [0.25, 0.3) is 5.69 Å². The molecule has 0 unspecified atom stereocenters. The summed E-state index contributed by atoms with van der Waals surface area (Å²) in [4.78, 5) is 11.6. The van der Waals surface area contributed by atoms with Gasteiger partial charge in [-0.15, -0.1) is 5.10 Å². The molecule has 1 aliphatic rings. The van der Waals surface area contributed by atoms with E-state index in [0.717, 1.165) is 4.31 Å². The molecule has 0 spiro atoms. The fourth-order valence-corrected chi connectivity index (χ4v) is 4.59. The van der Waals surface area contributed by atoms with Gasteiger partial charge in [-0.1, -0.05) is 18.2 Å². The Hall–Kier alpha value is -3.27. The van der Waals surface area contributed by atoms with E-state index in [0.29, 0.717) is 17.7 Å². The molecule has 26 heavy (non-hydrogen) atoms. The molecule has 1 N–H and O–H groups in total. The third-order valence-corrected chi connectivity index (χ3v) is 6.00. The number of carboxylic acid groups (broad SMARTS) is 1. The van der Waals surface area contributed by atoms with Crippen LogP contribution in [0.4, 0.5) is 5.69 Å². The minimum atomic E-state index is -3.93. The second kappa shape index (κ2) is 5.92. The molecule has 4 rings (SSSR count). The zero-order valence-corrected chi connectivity index (χ0v) is 14.2. The van der Waals surface area contributed by atoms with Crippen molar-refractivity contribution < 1.29 is 18.3 Å². The first kappa shape index (κ1) is 16.2. The average molecular weight is 371 g/mol. The van der Waals surface area contributed by atoms with Crippen LogP contribution < -0.4 is 4.31 Å². The fourth-order valence-electron chi connectivity index (χ4n) is 3.03. The smallest absolute Gasteiger partial charge is 0.337 e. The summed E-state index contributed by atoms with van der Waals surface area (Å²) in [6, 6.07) is 11.0. The van der Waals surface area contributed by atoms with Crippen LogP contribution in [-0.2, 0) is 16.4 Å². The Kier molecular flexibility index (Phi) is 3.69. The van der Waals surface area contributed by atoms with Gasteiger partial charge in [-0.05, 0) is 46.7 Å². The van der Waals surface area contributed by atoms with Crippen molar-refractivity contribution >= 4 is 21.7 Å². The Morgan fingerprint density at radius 2 is 1.96 bits per heavy atom. The van der Waals surface area contributed by atoms with Crippen molar-refractivity contribution in [2.45, 2.75) is 11.3 Å². The number of hydrogen-bond donors (Lipinski definition) is 1. The fraction of sp³-hybridized carbons (Fsp3) is 0.125. The Labute approximate surface area is 148 Å². The second-order valence-corrected chi connectivity index (χ2v) is 7.56. The van der Waals surface area contributed by atoms with Gasteiger partial charge in [-0.3, -0.25) is 4.31 Å². The van der Waals surface area contributed by atoms with Crippen LogP contribution in [0, 0.1) is 0 Å². The highest BCUT2D eigenvalue weighted by atomic mass is 32.2. The SMILES string of the molecule is O=C(O)c1cccc2c1N(S(=O)(=O)c1cccc(-n3cnnn3)c1)CC2. The number of benzene rings is 2. The monoisotopic (exact) mass is 371 g/mol. The van der Waals surface area contributed by atoms with E-state index >= 15 is 0 Å². The molecule has 0 atom stereocenters. The number of carbonyl (C=O) groups is 1. The van der Waals surface area contributed by atoms with Crippen LogP contribution in [0.15, 0.2) is 53.7 Å². The van der Waals surface area contributed by atoms with E-state index in [1.54, 1.807) is 24.3 Å². The van der Waals surface area contributed by atoms with Crippen molar-refractivity contribution in [2.75, 3.05) is 10.8 Å². The van der Waals surface area contributed by atoms with Crippen LogP contribution in [0.2, 0.25) is 0 Å². The van der Waals surface area contributed by atoms with E-state index in [9.17, 15) is 18.3 Å². The number of anilines is 1. The molecule has 2 aromatic carbocycles. The summed E-state index contributed by atoms with van der Waals surface area (Å²) >= 11 is 0. The molecule has 0 amide bonds. The highest BCUT2D eigenvalue weighted by Gasteiger charge is 2.34. The lowest BCUT2D eigenvalue weighted by atomic mass is 10.1. The summed E-state index contributed by atoms with van der Waals surface area (Å²) in [5.41, 5.74) is 1.39. The van der Waals surface area contributed by atoms with Gasteiger partial charge in [0.15, 0.2) is 0 Å². The number of hydrogen-bond acceptors (Lipinski definition) is 6. The van der Waals surface area contributed by atoms with Crippen LogP contribution in [0.3, 0.4) is 0 Å². The molecule has 3 aromatic rings. The Morgan fingerprint density at radius 1 is 1.15 bits per heavy atom. The zero-order valence-electron chi connectivity index (χ0n) is 13.3. The van der Waals surface area contributed by atoms with Crippen molar-refractivity contribution in [3.8, 4) is 5.69 Å². The molecule has 0 radical (unpaired) electrons. The first-order valence-corrected chi connectivity index (χ1v) is 9.14. The third kappa shape index (κ3) is 2.51. The van der Waals surface area contributed by atoms with Crippen molar-refractivity contribution in [3.63, 3.8) is 0 Å². The van der Waals surface area contributed by atoms with E-state index in [1.165, 1.54) is 29.2 Å². The van der Waals surface area contributed by atoms with E-state index in [2.05, 4.69) is 15.5 Å². The molecule has 10 heteroatoms. The molecule has 0 saturated heterocycles. The number of sulfonamides is 1. The maximum absolute atomic E-state index is 13.2. The molecule has 0 aliphatic carbocycles. The van der Waals surface area contributed by atoms with Gasteiger partial charge in [0.1, 0.15) is 6.33 Å². The van der Waals surface area contributed by atoms with Crippen molar-refractivity contribution in [2.24, 2.45) is 0 Å². The lowest BCUT2D eigenvalue weighted by Crippen LogP contribution is -2.30. The van der Waals surface area contributed by atoms with Gasteiger partial charge in [0.05, 0.1) is 21.8 Å². The van der Waals surface area contributed by atoms with Crippen LogP contribution in [0.5, 0.6) is 0 Å². The number of aromatic carboxylic acids is 1. The topological polar surface area (TPSA) is 118 Å². The van der Waals surface area contributed by atoms with E-state index in [1.807, 2.05) is 0 Å². The minimum Gasteiger partial charge on any atom is -0.478 e. The zero-order chi connectivity index (χ0) is 18.3. The van der Waals surface area contributed by atoms with Crippen molar-refractivity contribution in [3.05, 3.63) is 59.9 Å². The van der Waals surface area contributed by atoms with Crippen LogP contribution >= 0.6 is 0 Å². The van der Waals surface area contributed by atoms with Gasteiger partial charge in [0.25, 0.3) is 10.0 Å². The predicted molar refractivity (Wildman–Crippen MR) is 90.8 cm³/mol. The molecule has 2 heterocycles.